The Hall–Kier alpha value is -2.14. The Morgan fingerprint density at radius 2 is 2.42 bits per heavy atom. The molecule has 0 bridgehead atoms. The lowest BCUT2D eigenvalue weighted by Crippen LogP contribution is -2.50. The fourth-order valence-electron chi connectivity index (χ4n) is 2.93. The maximum absolute atomic E-state index is 9.52. The van der Waals surface area contributed by atoms with Gasteiger partial charge in [-0.25, -0.2) is 4.98 Å². The van der Waals surface area contributed by atoms with E-state index in [0.717, 1.165) is 19.6 Å². The number of hydrogen-bond donors (Lipinski definition) is 1. The molecule has 0 saturated carbocycles. The average Bonchev–Trinajstić information content (AvgIpc) is 3.23. The molecule has 3 heterocycles. The van der Waals surface area contributed by atoms with Crippen LogP contribution in [0.1, 0.15) is 12.5 Å². The first-order valence-electron chi connectivity index (χ1n) is 7.59. The number of nitrogens with zero attached hydrogens (tertiary/aromatic N) is 4. The van der Waals surface area contributed by atoms with Gasteiger partial charge in [0.15, 0.2) is 5.58 Å². The lowest BCUT2D eigenvalue weighted by atomic mass is 10.1. The van der Waals surface area contributed by atoms with E-state index < -0.39 is 0 Å². The Bertz CT molecular complexity index is 930. The molecule has 1 unspecified atom stereocenters. The zero-order valence-electron chi connectivity index (χ0n) is 12.9. The number of benzene rings is 1. The third kappa shape index (κ3) is 2.44. The number of anilines is 1. The number of halogens is 1. The molecule has 4 rings (SSSR count). The molecule has 3 aromatic rings. The van der Waals surface area contributed by atoms with Gasteiger partial charge in [0.05, 0.1) is 16.1 Å². The summed E-state index contributed by atoms with van der Waals surface area (Å²) < 4.78 is 6.07. The van der Waals surface area contributed by atoms with Crippen molar-refractivity contribution < 1.29 is 4.42 Å². The zero-order valence-corrected chi connectivity index (χ0v) is 14.5. The Labute approximate surface area is 147 Å². The molecule has 8 heteroatoms. The molecule has 0 amide bonds. The molecular weight excluding hydrogens is 346 g/mol. The number of aromatic nitrogens is 2. The number of fused-ring (bicyclic) bond motifs is 1. The molecule has 0 aliphatic carbocycles. The van der Waals surface area contributed by atoms with Gasteiger partial charge in [-0.05, 0) is 13.0 Å². The van der Waals surface area contributed by atoms with Crippen LogP contribution in [0.15, 0.2) is 22.1 Å². The number of rotatable bonds is 2. The first kappa shape index (κ1) is 15.4. The summed E-state index contributed by atoms with van der Waals surface area (Å²) in [5.74, 6) is 0. The van der Waals surface area contributed by atoms with Crippen LogP contribution in [-0.2, 0) is 0 Å². The van der Waals surface area contributed by atoms with E-state index in [4.69, 9.17) is 16.0 Å². The number of nitriles is 1. The second-order valence-corrected chi connectivity index (χ2v) is 6.95. The minimum absolute atomic E-state index is 0.279. The van der Waals surface area contributed by atoms with Crippen LogP contribution in [0.5, 0.6) is 0 Å². The predicted molar refractivity (Wildman–Crippen MR) is 94.5 cm³/mol. The van der Waals surface area contributed by atoms with Gasteiger partial charge in [-0.15, -0.1) is 11.3 Å². The van der Waals surface area contributed by atoms with Crippen molar-refractivity contribution in [3.63, 3.8) is 0 Å². The van der Waals surface area contributed by atoms with Crippen molar-refractivity contribution in [2.24, 2.45) is 0 Å². The first-order valence-corrected chi connectivity index (χ1v) is 8.85. The Kier molecular flexibility index (Phi) is 3.88. The summed E-state index contributed by atoms with van der Waals surface area (Å²) in [7, 11) is 0. The van der Waals surface area contributed by atoms with E-state index in [-0.39, 0.29) is 6.04 Å². The van der Waals surface area contributed by atoms with E-state index >= 15 is 0 Å². The summed E-state index contributed by atoms with van der Waals surface area (Å²) in [5.41, 5.74) is 2.20. The van der Waals surface area contributed by atoms with E-state index in [2.05, 4.69) is 33.2 Å². The number of nitrogens with one attached hydrogen (secondary N) is 1. The molecule has 1 saturated heterocycles. The van der Waals surface area contributed by atoms with Crippen LogP contribution in [0.3, 0.4) is 0 Å². The zero-order chi connectivity index (χ0) is 16.7. The van der Waals surface area contributed by atoms with Gasteiger partial charge in [0, 0.05) is 37.3 Å². The van der Waals surface area contributed by atoms with Crippen LogP contribution >= 0.6 is 22.9 Å². The highest BCUT2D eigenvalue weighted by Gasteiger charge is 2.26. The number of oxazole rings is 1. The van der Waals surface area contributed by atoms with Crippen molar-refractivity contribution in [1.29, 1.82) is 5.26 Å². The normalized spacial score (nSPS) is 18.0. The maximum Gasteiger partial charge on any atom is 0.298 e. The van der Waals surface area contributed by atoms with Crippen molar-refractivity contribution in [3.05, 3.63) is 28.2 Å². The molecule has 1 fully saturated rings. The quantitative estimate of drug-likeness (QED) is 0.756. The highest BCUT2D eigenvalue weighted by atomic mass is 35.5. The van der Waals surface area contributed by atoms with Crippen molar-refractivity contribution in [2.45, 2.75) is 13.0 Å². The van der Waals surface area contributed by atoms with Gasteiger partial charge >= 0.3 is 0 Å². The minimum Gasteiger partial charge on any atom is -0.423 e. The third-order valence-electron chi connectivity index (χ3n) is 4.13. The molecule has 0 spiro atoms. The largest absolute Gasteiger partial charge is 0.423 e. The molecule has 1 aliphatic rings. The number of piperazine rings is 1. The van der Waals surface area contributed by atoms with Crippen molar-refractivity contribution in [3.8, 4) is 16.6 Å². The molecule has 1 aliphatic heterocycles. The van der Waals surface area contributed by atoms with Crippen LogP contribution < -0.4 is 10.2 Å². The topological polar surface area (TPSA) is 78.0 Å². The van der Waals surface area contributed by atoms with Gasteiger partial charge < -0.3 is 14.6 Å². The van der Waals surface area contributed by atoms with Gasteiger partial charge in [-0.1, -0.05) is 11.6 Å². The van der Waals surface area contributed by atoms with Gasteiger partial charge in [0.1, 0.15) is 16.6 Å². The smallest absolute Gasteiger partial charge is 0.298 e. The van der Waals surface area contributed by atoms with E-state index in [0.29, 0.717) is 38.3 Å². The number of hydrogen-bond acceptors (Lipinski definition) is 7. The second kappa shape index (κ2) is 6.06. The summed E-state index contributed by atoms with van der Waals surface area (Å²) in [4.78, 5) is 11.1. The monoisotopic (exact) mass is 359 g/mol. The van der Waals surface area contributed by atoms with Crippen LogP contribution in [0.2, 0.25) is 5.02 Å². The fourth-order valence-corrected chi connectivity index (χ4v) is 3.86. The fraction of sp³-hybridized carbons (Fsp3) is 0.312. The Balaban J connectivity index is 1.93. The standard InChI is InChI=1S/C16H14ClN5OS/c1-9-8-19-2-4-22(9)16-21-12-6-11(17)10(7-18)13(14(12)23-16)15-20-3-5-24-15/h3,5-6,9,19H,2,4,8H2,1H3. The van der Waals surface area contributed by atoms with E-state index in [1.54, 1.807) is 12.3 Å². The molecule has 24 heavy (non-hydrogen) atoms. The van der Waals surface area contributed by atoms with Crippen LogP contribution in [0.4, 0.5) is 6.01 Å². The summed E-state index contributed by atoms with van der Waals surface area (Å²) in [6, 6.07) is 4.69. The SMILES string of the molecule is CC1CNCCN1c1nc2cc(Cl)c(C#N)c(-c3nccs3)c2o1. The third-order valence-corrected chi connectivity index (χ3v) is 5.22. The molecule has 122 valence electrons. The van der Waals surface area contributed by atoms with E-state index in [1.165, 1.54) is 11.3 Å². The predicted octanol–water partition coefficient (Wildman–Crippen LogP) is 3.27. The minimum atomic E-state index is 0.279. The van der Waals surface area contributed by atoms with Crippen LogP contribution in [-0.4, -0.2) is 35.6 Å². The lowest BCUT2D eigenvalue weighted by molar-refractivity contribution is 0.456. The molecule has 0 radical (unpaired) electrons. The lowest BCUT2D eigenvalue weighted by Gasteiger charge is -2.32. The van der Waals surface area contributed by atoms with Crippen molar-refractivity contribution in [1.82, 2.24) is 15.3 Å². The molecule has 1 aromatic carbocycles. The molecule has 2 aromatic heterocycles. The van der Waals surface area contributed by atoms with Crippen LogP contribution in [0, 0.1) is 11.3 Å². The van der Waals surface area contributed by atoms with E-state index in [9.17, 15) is 5.26 Å². The van der Waals surface area contributed by atoms with Gasteiger partial charge in [-0.3, -0.25) is 0 Å². The summed E-state index contributed by atoms with van der Waals surface area (Å²) in [6.07, 6.45) is 1.70. The summed E-state index contributed by atoms with van der Waals surface area (Å²) in [5, 5.41) is 15.8. The molecular formula is C16H14ClN5OS. The van der Waals surface area contributed by atoms with E-state index in [1.807, 2.05) is 5.38 Å². The van der Waals surface area contributed by atoms with Gasteiger partial charge in [-0.2, -0.15) is 10.2 Å². The average molecular weight is 360 g/mol. The van der Waals surface area contributed by atoms with Gasteiger partial charge in [0.2, 0.25) is 0 Å². The molecule has 6 nitrogen and oxygen atoms in total. The van der Waals surface area contributed by atoms with Crippen molar-refractivity contribution >= 4 is 40.1 Å². The highest BCUT2D eigenvalue weighted by molar-refractivity contribution is 7.13. The van der Waals surface area contributed by atoms with Crippen LogP contribution in [0.25, 0.3) is 21.7 Å². The summed E-state index contributed by atoms with van der Waals surface area (Å²) in [6.45, 7) is 4.70. The molecule has 1 N–H and O–H groups in total. The maximum atomic E-state index is 9.52. The van der Waals surface area contributed by atoms with Gasteiger partial charge in [0.25, 0.3) is 6.01 Å². The number of thiazole rings is 1. The highest BCUT2D eigenvalue weighted by Crippen LogP contribution is 2.39. The second-order valence-electron chi connectivity index (χ2n) is 5.65. The molecule has 1 atom stereocenters. The Morgan fingerprint density at radius 3 is 3.12 bits per heavy atom. The Morgan fingerprint density at radius 1 is 1.54 bits per heavy atom. The van der Waals surface area contributed by atoms with Crippen molar-refractivity contribution in [2.75, 3.05) is 24.5 Å². The first-order chi connectivity index (χ1) is 11.7. The summed E-state index contributed by atoms with van der Waals surface area (Å²) >= 11 is 7.74.